The molecule has 42 heavy (non-hydrogen) atoms. The largest absolute Gasteiger partial charge is 0.321 e. The average Bonchev–Trinajstić information content (AvgIpc) is 3.18. The molecule has 9 nitrogen and oxygen atoms in total. The first-order valence-electron chi connectivity index (χ1n) is 12.3. The molecule has 3 N–H and O–H groups in total. The summed E-state index contributed by atoms with van der Waals surface area (Å²) in [6, 6.07) is 7.98. The van der Waals surface area contributed by atoms with E-state index in [0.29, 0.717) is 13.0 Å². The van der Waals surface area contributed by atoms with Crippen molar-refractivity contribution >= 4 is 49.2 Å². The number of alkyl halides is 2. The Hall–Kier alpha value is -4.01. The number of aromatic nitrogens is 4. The number of aryl methyl sites for hydroxylation is 1. The maximum absolute atomic E-state index is 14.1. The van der Waals surface area contributed by atoms with Crippen molar-refractivity contribution in [1.29, 1.82) is 0 Å². The molecule has 2 aromatic heterocycles. The van der Waals surface area contributed by atoms with E-state index < -0.39 is 39.2 Å². The maximum Gasteiger partial charge on any atom is 0.270 e. The van der Waals surface area contributed by atoms with Crippen LogP contribution in [0.25, 0.3) is 27.5 Å². The number of hydrogen-bond acceptors (Lipinski definition) is 6. The van der Waals surface area contributed by atoms with Crippen molar-refractivity contribution in [2.24, 2.45) is 12.8 Å². The van der Waals surface area contributed by atoms with Gasteiger partial charge in [0.25, 0.3) is 11.5 Å². The van der Waals surface area contributed by atoms with Crippen LogP contribution < -0.4 is 16.0 Å². The molecule has 0 bridgehead atoms. The first-order chi connectivity index (χ1) is 19.5. The Labute approximate surface area is 241 Å². The Morgan fingerprint density at radius 2 is 1.76 bits per heavy atom. The second-order valence-corrected chi connectivity index (χ2v) is 12.1. The number of fused-ring (bicyclic) bond motifs is 2. The summed E-state index contributed by atoms with van der Waals surface area (Å²) in [7, 11) is -2.27. The van der Waals surface area contributed by atoms with Crippen LogP contribution in [-0.4, -0.2) is 34.0 Å². The number of nitrogens with zero attached hydrogens (tertiary/aromatic N) is 4. The van der Waals surface area contributed by atoms with Crippen LogP contribution in [0, 0.1) is 11.6 Å². The second kappa shape index (κ2) is 10.4. The first-order valence-corrected chi connectivity index (χ1v) is 14.6. The number of sulfonamides is 1. The minimum absolute atomic E-state index is 0.0181. The van der Waals surface area contributed by atoms with Gasteiger partial charge in [-0.15, -0.1) is 0 Å². The number of rotatable bonds is 7. The summed E-state index contributed by atoms with van der Waals surface area (Å²) in [6.45, 7) is 0.704. The molecule has 0 unspecified atom stereocenters. The van der Waals surface area contributed by atoms with Crippen LogP contribution in [-0.2, 0) is 29.4 Å². The lowest BCUT2D eigenvalue weighted by atomic mass is 10.0. The number of nitrogens with two attached hydrogens (primary N) is 1. The molecule has 0 aliphatic rings. The lowest BCUT2D eigenvalue weighted by Gasteiger charge is -2.20. The molecule has 3 aromatic carbocycles. The zero-order chi connectivity index (χ0) is 30.7. The number of halogens is 5. The molecule has 0 aliphatic carbocycles. The van der Waals surface area contributed by atoms with E-state index in [1.807, 2.05) is 0 Å². The van der Waals surface area contributed by atoms with Gasteiger partial charge in [0.2, 0.25) is 10.0 Å². The van der Waals surface area contributed by atoms with Gasteiger partial charge in [-0.25, -0.2) is 31.0 Å². The van der Waals surface area contributed by atoms with Gasteiger partial charge in [0.15, 0.2) is 5.82 Å². The molecule has 0 fully saturated rings. The summed E-state index contributed by atoms with van der Waals surface area (Å²) < 4.78 is 84.9. The predicted octanol–water partition coefficient (Wildman–Crippen LogP) is 4.93. The third kappa shape index (κ3) is 5.56. The van der Waals surface area contributed by atoms with Crippen molar-refractivity contribution in [3.63, 3.8) is 0 Å². The molecular formula is C27H23ClF4N6O3S. The molecule has 0 amide bonds. The fourth-order valence-corrected chi connectivity index (χ4v) is 5.55. The van der Waals surface area contributed by atoms with Gasteiger partial charge < -0.3 is 5.73 Å². The summed E-state index contributed by atoms with van der Waals surface area (Å²) >= 11 is 6.44. The van der Waals surface area contributed by atoms with Crippen LogP contribution in [0.3, 0.4) is 0 Å². The quantitative estimate of drug-likeness (QED) is 0.248. The Morgan fingerprint density at radius 1 is 1.10 bits per heavy atom. The highest BCUT2D eigenvalue weighted by molar-refractivity contribution is 7.92. The van der Waals surface area contributed by atoms with E-state index in [0.717, 1.165) is 35.1 Å². The Bertz CT molecular complexity index is 2040. The molecule has 220 valence electrons. The lowest BCUT2D eigenvalue weighted by molar-refractivity contribution is 0.0176. The molecule has 5 rings (SSSR count). The molecular weight excluding hydrogens is 600 g/mol. The molecule has 0 spiro atoms. The third-order valence-corrected chi connectivity index (χ3v) is 7.43. The van der Waals surface area contributed by atoms with Crippen molar-refractivity contribution in [3.05, 3.63) is 92.5 Å². The molecule has 0 saturated heterocycles. The zero-order valence-corrected chi connectivity index (χ0v) is 23.9. The maximum atomic E-state index is 14.1. The van der Waals surface area contributed by atoms with Gasteiger partial charge in [0, 0.05) is 25.6 Å². The Morgan fingerprint density at radius 3 is 2.38 bits per heavy atom. The topological polar surface area (TPSA) is 125 Å². The third-order valence-electron chi connectivity index (χ3n) is 6.55. The van der Waals surface area contributed by atoms with E-state index >= 15 is 0 Å². The van der Waals surface area contributed by atoms with E-state index in [1.54, 1.807) is 0 Å². The van der Waals surface area contributed by atoms with Crippen molar-refractivity contribution in [2.45, 2.75) is 25.3 Å². The smallest absolute Gasteiger partial charge is 0.270 e. The second-order valence-electron chi connectivity index (χ2n) is 9.96. The number of anilines is 1. The zero-order valence-electron chi connectivity index (χ0n) is 22.3. The van der Waals surface area contributed by atoms with Crippen LogP contribution >= 0.6 is 11.6 Å². The van der Waals surface area contributed by atoms with Crippen molar-refractivity contribution in [3.8, 4) is 5.69 Å². The highest BCUT2D eigenvalue weighted by Crippen LogP contribution is 2.36. The average molecular weight is 623 g/mol. The first kappa shape index (κ1) is 29.5. The van der Waals surface area contributed by atoms with Gasteiger partial charge in [-0.1, -0.05) is 17.7 Å². The standard InChI is InChI=1S/C27H23ClF4N6O3S/c1-27(31,32)14-4-5-17-20(11-14)34-25(19(33)10-13-8-15(29)12-16(30)9-13)38(26(17)39)21-7-6-18(28)22-23(21)37(2)35-24(22)36-42(3,40)41/h4-9,11-12,19H,10,33H2,1-3H3,(H,35,36)/t19-/m0/s1. The highest BCUT2D eigenvalue weighted by atomic mass is 35.5. The summed E-state index contributed by atoms with van der Waals surface area (Å²) in [4.78, 5) is 18.5. The summed E-state index contributed by atoms with van der Waals surface area (Å²) in [5, 5.41) is 4.49. The van der Waals surface area contributed by atoms with Crippen LogP contribution in [0.4, 0.5) is 23.4 Å². The Balaban J connectivity index is 1.82. The van der Waals surface area contributed by atoms with Crippen molar-refractivity contribution in [1.82, 2.24) is 19.3 Å². The SMILES string of the molecule is Cn1nc(NS(C)(=O)=O)c2c(Cl)ccc(-n3c([C@@H](N)Cc4cc(F)cc(F)c4)nc4cc(C(C)(F)F)ccc4c3=O)c21. The molecule has 0 aliphatic heterocycles. The minimum Gasteiger partial charge on any atom is -0.321 e. The van der Waals surface area contributed by atoms with E-state index in [4.69, 9.17) is 17.3 Å². The van der Waals surface area contributed by atoms with Crippen LogP contribution in [0.5, 0.6) is 0 Å². The fourth-order valence-electron chi connectivity index (χ4n) is 4.82. The van der Waals surface area contributed by atoms with Gasteiger partial charge >= 0.3 is 0 Å². The molecule has 5 aromatic rings. The molecule has 0 saturated carbocycles. The van der Waals surface area contributed by atoms with Gasteiger partial charge in [-0.3, -0.25) is 18.8 Å². The molecule has 2 heterocycles. The van der Waals surface area contributed by atoms with E-state index in [9.17, 15) is 30.8 Å². The summed E-state index contributed by atoms with van der Waals surface area (Å²) in [6.07, 6.45) is 0.753. The number of benzene rings is 3. The van der Waals surface area contributed by atoms with E-state index in [1.165, 1.54) is 29.9 Å². The van der Waals surface area contributed by atoms with Crippen molar-refractivity contribution < 1.29 is 26.0 Å². The van der Waals surface area contributed by atoms with Gasteiger partial charge in [0.05, 0.1) is 44.8 Å². The Kier molecular flexibility index (Phi) is 7.28. The van der Waals surface area contributed by atoms with Crippen LogP contribution in [0.2, 0.25) is 5.02 Å². The fraction of sp³-hybridized carbons (Fsp3) is 0.222. The summed E-state index contributed by atoms with van der Waals surface area (Å²) in [5.41, 5.74) is 5.88. The minimum atomic E-state index is -3.77. The van der Waals surface area contributed by atoms with Gasteiger partial charge in [0.1, 0.15) is 17.5 Å². The van der Waals surface area contributed by atoms with Crippen LogP contribution in [0.1, 0.15) is 29.9 Å². The lowest BCUT2D eigenvalue weighted by Crippen LogP contribution is -2.30. The van der Waals surface area contributed by atoms with Gasteiger partial charge in [-0.2, -0.15) is 5.10 Å². The van der Waals surface area contributed by atoms with Crippen molar-refractivity contribution in [2.75, 3.05) is 11.0 Å². The predicted molar refractivity (Wildman–Crippen MR) is 152 cm³/mol. The van der Waals surface area contributed by atoms with Crippen LogP contribution in [0.15, 0.2) is 53.3 Å². The van der Waals surface area contributed by atoms with E-state index in [2.05, 4.69) is 14.8 Å². The van der Waals surface area contributed by atoms with E-state index in [-0.39, 0.29) is 61.7 Å². The number of hydrogen-bond donors (Lipinski definition) is 2. The molecule has 15 heteroatoms. The molecule has 1 atom stereocenters. The number of nitrogens with one attached hydrogen (secondary N) is 1. The normalized spacial score (nSPS) is 13.2. The van der Waals surface area contributed by atoms with Gasteiger partial charge in [-0.05, 0) is 48.4 Å². The summed E-state index contributed by atoms with van der Waals surface area (Å²) in [5.74, 6) is -5.12. The highest BCUT2D eigenvalue weighted by Gasteiger charge is 2.28. The monoisotopic (exact) mass is 622 g/mol. The molecule has 0 radical (unpaired) electrons.